The summed E-state index contributed by atoms with van der Waals surface area (Å²) >= 11 is 2.19. The highest BCUT2D eigenvalue weighted by Gasteiger charge is 2.35. The Morgan fingerprint density at radius 2 is 2.27 bits per heavy atom. The maximum atomic E-state index is 11.6. The van der Waals surface area contributed by atoms with Gasteiger partial charge < -0.3 is 5.32 Å². The van der Waals surface area contributed by atoms with Crippen molar-refractivity contribution >= 4 is 34.4 Å². The number of carbonyl (C=O) groups excluding carboxylic acids is 1. The van der Waals surface area contributed by atoms with Crippen LogP contribution in [0.2, 0.25) is 0 Å². The second kappa shape index (κ2) is 3.62. The van der Waals surface area contributed by atoms with Gasteiger partial charge in [0.15, 0.2) is 0 Å². The molecule has 4 nitrogen and oxygen atoms in total. The molecule has 0 radical (unpaired) electrons. The van der Waals surface area contributed by atoms with Gasteiger partial charge in [-0.3, -0.25) is 4.90 Å². The lowest BCUT2D eigenvalue weighted by atomic mass is 10.1. The molecule has 15 heavy (non-hydrogen) atoms. The average Bonchev–Trinajstić information content (AvgIpc) is 2.41. The van der Waals surface area contributed by atoms with E-state index in [0.717, 1.165) is 3.57 Å². The zero-order chi connectivity index (χ0) is 11.1. The Morgan fingerprint density at radius 3 is 2.73 bits per heavy atom. The van der Waals surface area contributed by atoms with Gasteiger partial charge in [-0.2, -0.15) is 0 Å². The van der Waals surface area contributed by atoms with Crippen molar-refractivity contribution in [1.29, 1.82) is 0 Å². The van der Waals surface area contributed by atoms with Crippen molar-refractivity contribution in [1.82, 2.24) is 10.3 Å². The first-order valence-corrected chi connectivity index (χ1v) is 5.77. The lowest BCUT2D eigenvalue weighted by molar-refractivity contribution is 0.248. The van der Waals surface area contributed by atoms with Crippen LogP contribution in [-0.2, 0) is 0 Å². The minimum atomic E-state index is -0.179. The summed E-state index contributed by atoms with van der Waals surface area (Å²) in [5.41, 5.74) is -0.179. The Kier molecular flexibility index (Phi) is 2.57. The van der Waals surface area contributed by atoms with E-state index in [-0.39, 0.29) is 11.6 Å². The summed E-state index contributed by atoms with van der Waals surface area (Å²) in [5, 5.41) is 2.90. The van der Waals surface area contributed by atoms with Crippen LogP contribution in [0.1, 0.15) is 13.8 Å². The molecule has 5 heteroatoms. The number of amides is 2. The number of urea groups is 1. The van der Waals surface area contributed by atoms with Gasteiger partial charge in [0.1, 0.15) is 5.82 Å². The van der Waals surface area contributed by atoms with Gasteiger partial charge in [-0.1, -0.05) is 0 Å². The zero-order valence-electron chi connectivity index (χ0n) is 8.62. The molecule has 1 aromatic heterocycles. The Labute approximate surface area is 102 Å². The molecule has 0 bridgehead atoms. The predicted octanol–water partition coefficient (Wildman–Crippen LogP) is 1.99. The fraction of sp³-hybridized carbons (Fsp3) is 0.400. The number of nitrogens with zero attached hydrogens (tertiary/aromatic N) is 2. The molecule has 1 saturated heterocycles. The van der Waals surface area contributed by atoms with Gasteiger partial charge >= 0.3 is 6.03 Å². The van der Waals surface area contributed by atoms with Crippen molar-refractivity contribution in [2.24, 2.45) is 0 Å². The molecule has 80 valence electrons. The number of carbonyl (C=O) groups is 1. The van der Waals surface area contributed by atoms with Crippen molar-refractivity contribution in [3.63, 3.8) is 0 Å². The molecule has 0 aliphatic carbocycles. The third-order valence-corrected chi connectivity index (χ3v) is 2.87. The van der Waals surface area contributed by atoms with Crippen molar-refractivity contribution in [2.45, 2.75) is 19.4 Å². The second-order valence-electron chi connectivity index (χ2n) is 4.23. The minimum absolute atomic E-state index is 0.0753. The van der Waals surface area contributed by atoms with Crippen LogP contribution in [0.5, 0.6) is 0 Å². The summed E-state index contributed by atoms with van der Waals surface area (Å²) in [6.07, 6.45) is 1.76. The summed E-state index contributed by atoms with van der Waals surface area (Å²) in [7, 11) is 0. The third kappa shape index (κ3) is 2.22. The van der Waals surface area contributed by atoms with Gasteiger partial charge in [-0.25, -0.2) is 9.78 Å². The Hall–Kier alpha value is -0.850. The van der Waals surface area contributed by atoms with Crippen molar-refractivity contribution in [3.05, 3.63) is 21.9 Å². The highest BCUT2D eigenvalue weighted by atomic mass is 127. The van der Waals surface area contributed by atoms with E-state index in [0.29, 0.717) is 12.4 Å². The van der Waals surface area contributed by atoms with Gasteiger partial charge in [0.25, 0.3) is 0 Å². The monoisotopic (exact) mass is 317 g/mol. The van der Waals surface area contributed by atoms with Crippen molar-refractivity contribution < 1.29 is 4.79 Å². The molecular formula is C10H12IN3O. The van der Waals surface area contributed by atoms with Gasteiger partial charge in [0.05, 0.1) is 12.1 Å². The summed E-state index contributed by atoms with van der Waals surface area (Å²) < 4.78 is 1.07. The number of aromatic nitrogens is 1. The van der Waals surface area contributed by atoms with Crippen LogP contribution in [-0.4, -0.2) is 23.1 Å². The molecule has 0 atom stereocenters. The average molecular weight is 317 g/mol. The molecule has 2 heterocycles. The molecule has 2 rings (SSSR count). The standard InChI is InChI=1S/C10H12IN3O/c1-10(2)6-14(9(15)13-10)8-4-3-7(11)5-12-8/h3-5H,6H2,1-2H3,(H,13,15). The topological polar surface area (TPSA) is 45.2 Å². The molecule has 0 aromatic carbocycles. The molecule has 1 N–H and O–H groups in total. The molecular weight excluding hydrogens is 305 g/mol. The highest BCUT2D eigenvalue weighted by molar-refractivity contribution is 14.1. The number of anilines is 1. The minimum Gasteiger partial charge on any atom is -0.331 e. The van der Waals surface area contributed by atoms with E-state index in [2.05, 4.69) is 32.9 Å². The molecule has 0 unspecified atom stereocenters. The fourth-order valence-corrected chi connectivity index (χ4v) is 1.90. The molecule has 2 amide bonds. The van der Waals surface area contributed by atoms with E-state index in [1.165, 1.54) is 0 Å². The van der Waals surface area contributed by atoms with Crippen LogP contribution < -0.4 is 10.2 Å². The zero-order valence-corrected chi connectivity index (χ0v) is 10.8. The molecule has 0 saturated carbocycles. The van der Waals surface area contributed by atoms with Gasteiger partial charge in [0, 0.05) is 9.77 Å². The molecule has 0 spiro atoms. The van der Waals surface area contributed by atoms with E-state index in [4.69, 9.17) is 0 Å². The van der Waals surface area contributed by atoms with Crippen LogP contribution in [0.3, 0.4) is 0 Å². The smallest absolute Gasteiger partial charge is 0.323 e. The van der Waals surface area contributed by atoms with E-state index < -0.39 is 0 Å². The largest absolute Gasteiger partial charge is 0.331 e. The first-order valence-electron chi connectivity index (χ1n) is 4.69. The van der Waals surface area contributed by atoms with Crippen LogP contribution >= 0.6 is 22.6 Å². The number of rotatable bonds is 1. The Balaban J connectivity index is 2.25. The SMILES string of the molecule is CC1(C)CN(c2ccc(I)cn2)C(=O)N1. The quantitative estimate of drug-likeness (QED) is 0.805. The van der Waals surface area contributed by atoms with Gasteiger partial charge in [0.2, 0.25) is 0 Å². The summed E-state index contributed by atoms with van der Waals surface area (Å²) in [6.45, 7) is 4.65. The second-order valence-corrected chi connectivity index (χ2v) is 5.48. The van der Waals surface area contributed by atoms with E-state index in [1.807, 2.05) is 26.0 Å². The van der Waals surface area contributed by atoms with Crippen LogP contribution in [0, 0.1) is 3.57 Å². The molecule has 1 aliphatic heterocycles. The Bertz CT molecular complexity index is 388. The van der Waals surface area contributed by atoms with Crippen molar-refractivity contribution in [3.8, 4) is 0 Å². The number of nitrogens with one attached hydrogen (secondary N) is 1. The molecule has 1 aliphatic rings. The number of halogens is 1. The van der Waals surface area contributed by atoms with Gasteiger partial charge in [-0.05, 0) is 48.6 Å². The van der Waals surface area contributed by atoms with Gasteiger partial charge in [-0.15, -0.1) is 0 Å². The van der Waals surface area contributed by atoms with Crippen LogP contribution in [0.25, 0.3) is 0 Å². The van der Waals surface area contributed by atoms with Crippen LogP contribution in [0.15, 0.2) is 18.3 Å². The van der Waals surface area contributed by atoms with E-state index in [9.17, 15) is 4.79 Å². The maximum absolute atomic E-state index is 11.6. The van der Waals surface area contributed by atoms with Crippen molar-refractivity contribution in [2.75, 3.05) is 11.4 Å². The molecule has 1 fully saturated rings. The van der Waals surface area contributed by atoms with E-state index >= 15 is 0 Å². The Morgan fingerprint density at radius 1 is 1.53 bits per heavy atom. The first kappa shape index (κ1) is 10.7. The van der Waals surface area contributed by atoms with Crippen LogP contribution in [0.4, 0.5) is 10.6 Å². The fourth-order valence-electron chi connectivity index (χ4n) is 1.58. The molecule has 1 aromatic rings. The van der Waals surface area contributed by atoms with E-state index in [1.54, 1.807) is 11.1 Å². The third-order valence-electron chi connectivity index (χ3n) is 2.23. The lowest BCUT2D eigenvalue weighted by Gasteiger charge is -2.16. The summed E-state index contributed by atoms with van der Waals surface area (Å²) in [4.78, 5) is 17.5. The number of hydrogen-bond donors (Lipinski definition) is 1. The normalized spacial score (nSPS) is 19.1. The predicted molar refractivity (Wildman–Crippen MR) is 66.9 cm³/mol. The maximum Gasteiger partial charge on any atom is 0.323 e. The number of hydrogen-bond acceptors (Lipinski definition) is 2. The summed E-state index contributed by atoms with van der Waals surface area (Å²) in [6, 6.07) is 3.73. The lowest BCUT2D eigenvalue weighted by Crippen LogP contribution is -2.36. The number of pyridine rings is 1. The summed E-state index contributed by atoms with van der Waals surface area (Å²) in [5.74, 6) is 0.707. The highest BCUT2D eigenvalue weighted by Crippen LogP contribution is 2.21. The first-order chi connectivity index (χ1) is 6.98.